The van der Waals surface area contributed by atoms with Crippen molar-refractivity contribution in [3.63, 3.8) is 0 Å². The topological polar surface area (TPSA) is 97.3 Å². The molecule has 5 nitrogen and oxygen atoms in total. The third-order valence-electron chi connectivity index (χ3n) is 0.949. The number of hydrogen-bond acceptors (Lipinski definition) is 5. The summed E-state index contributed by atoms with van der Waals surface area (Å²) in [6, 6.07) is 0. The van der Waals surface area contributed by atoms with Crippen LogP contribution in [0.2, 0.25) is 0 Å². The van der Waals surface area contributed by atoms with Crippen LogP contribution >= 0.6 is 0 Å². The molecule has 7 heteroatoms. The second-order valence-electron chi connectivity index (χ2n) is 1.96. The van der Waals surface area contributed by atoms with Crippen molar-refractivity contribution in [3.8, 4) is 0 Å². The zero-order valence-electron chi connectivity index (χ0n) is 7.66. The van der Waals surface area contributed by atoms with Crippen LogP contribution in [-0.2, 0) is 14.4 Å². The van der Waals surface area contributed by atoms with Gasteiger partial charge in [0.15, 0.2) is 0 Å². The van der Waals surface area contributed by atoms with E-state index in [4.69, 9.17) is 0 Å². The van der Waals surface area contributed by atoms with Gasteiger partial charge < -0.3 is 19.8 Å². The molecule has 0 heterocycles. The third kappa shape index (κ3) is 16.6. The van der Waals surface area contributed by atoms with Crippen LogP contribution < -0.4 is 113 Å². The molecule has 0 aromatic carbocycles. The van der Waals surface area contributed by atoms with E-state index in [1.807, 2.05) is 0 Å². The predicted molar refractivity (Wildman–Crippen MR) is 28.9 cm³/mol. The quantitative estimate of drug-likeness (QED) is 0.349. The van der Waals surface area contributed by atoms with Crippen LogP contribution in [0.1, 0.15) is 19.3 Å². The van der Waals surface area contributed by atoms with Crippen molar-refractivity contribution in [1.82, 2.24) is 0 Å². The zero-order chi connectivity index (χ0) is 8.85. The molecule has 0 amide bonds. The second kappa shape index (κ2) is 12.0. The van der Waals surface area contributed by atoms with Crippen molar-refractivity contribution in [2.24, 2.45) is 0 Å². The molecular formula is C6H6K2O5. The van der Waals surface area contributed by atoms with Gasteiger partial charge in [0.1, 0.15) is 5.78 Å². The number of carbonyl (C=O) groups excluding carboxylic acids is 3. The van der Waals surface area contributed by atoms with E-state index in [0.29, 0.717) is 0 Å². The Morgan fingerprint density at radius 3 is 1.62 bits per heavy atom. The van der Waals surface area contributed by atoms with Gasteiger partial charge in [-0.1, -0.05) is 0 Å². The van der Waals surface area contributed by atoms with E-state index in [1.54, 1.807) is 0 Å². The van der Waals surface area contributed by atoms with Gasteiger partial charge in [-0.2, -0.15) is 0 Å². The van der Waals surface area contributed by atoms with Crippen LogP contribution in [0.3, 0.4) is 0 Å². The molecule has 0 bridgehead atoms. The summed E-state index contributed by atoms with van der Waals surface area (Å²) in [6.07, 6.45) is -1.48. The van der Waals surface area contributed by atoms with E-state index >= 15 is 0 Å². The molecule has 62 valence electrons. The van der Waals surface area contributed by atoms with Gasteiger partial charge in [0.2, 0.25) is 0 Å². The molecule has 0 radical (unpaired) electrons. The molecule has 0 aliphatic carbocycles. The minimum atomic E-state index is -1.49. The maximum Gasteiger partial charge on any atom is 1.00 e. The molecule has 0 fully saturated rings. The third-order valence-corrected chi connectivity index (χ3v) is 0.949. The number of Topliss-reactive ketones (excluding diaryl/α,β-unsaturated/α-hetero) is 1. The van der Waals surface area contributed by atoms with E-state index in [0.717, 1.165) is 0 Å². The number of ketones is 1. The Kier molecular flexibility index (Phi) is 18.7. The van der Waals surface area contributed by atoms with Crippen LogP contribution in [0.5, 0.6) is 0 Å². The van der Waals surface area contributed by atoms with Gasteiger partial charge in [0.25, 0.3) is 0 Å². The summed E-state index contributed by atoms with van der Waals surface area (Å²) >= 11 is 0. The maximum absolute atomic E-state index is 10.4. The van der Waals surface area contributed by atoms with Crippen molar-refractivity contribution < 1.29 is 127 Å². The van der Waals surface area contributed by atoms with Crippen LogP contribution in [0.4, 0.5) is 0 Å². The molecule has 13 heavy (non-hydrogen) atoms. The number of carbonyl (C=O) groups is 3. The first-order valence-corrected chi connectivity index (χ1v) is 2.93. The van der Waals surface area contributed by atoms with Crippen molar-refractivity contribution in [3.05, 3.63) is 0 Å². The molecule has 0 unspecified atom stereocenters. The minimum Gasteiger partial charge on any atom is -0.550 e. The fraction of sp³-hybridized carbons (Fsp3) is 0.500. The summed E-state index contributed by atoms with van der Waals surface area (Å²) in [4.78, 5) is 30.0. The summed E-state index contributed by atoms with van der Waals surface area (Å²) in [5.41, 5.74) is 0. The van der Waals surface area contributed by atoms with Crippen molar-refractivity contribution >= 4 is 17.7 Å². The molecule has 0 aliphatic heterocycles. The number of hydrogen-bond donors (Lipinski definition) is 0. The molecule has 0 aliphatic rings. The number of carboxylic acids is 2. The second-order valence-corrected chi connectivity index (χ2v) is 1.96. The first kappa shape index (κ1) is 20.3. The summed E-state index contributed by atoms with van der Waals surface area (Å²) < 4.78 is 0. The van der Waals surface area contributed by atoms with Crippen LogP contribution in [0.15, 0.2) is 0 Å². The molecule has 0 N–H and O–H groups in total. The Labute approximate surface area is 160 Å². The number of rotatable bonds is 5. The Balaban J connectivity index is -0.000000500. The van der Waals surface area contributed by atoms with Gasteiger partial charge >= 0.3 is 103 Å². The van der Waals surface area contributed by atoms with Crippen molar-refractivity contribution in [2.45, 2.75) is 19.3 Å². The van der Waals surface area contributed by atoms with E-state index in [9.17, 15) is 24.6 Å². The molecule has 0 atom stereocenters. The van der Waals surface area contributed by atoms with Gasteiger partial charge in [0, 0.05) is 24.8 Å². The van der Waals surface area contributed by atoms with Gasteiger partial charge in [-0.15, -0.1) is 0 Å². The zero-order valence-corrected chi connectivity index (χ0v) is 13.9. The standard InChI is InChI=1S/C6H8O5.2K/c7-4(3-6(10)11)1-2-5(8)9;;/h1-3H2,(H,8,9)(H,10,11);;/q;2*+1/p-2. The average Bonchev–Trinajstić information content (AvgIpc) is 1.82. The first-order chi connectivity index (χ1) is 5.02. The minimum absolute atomic E-state index is 0. The molecule has 0 saturated heterocycles. The van der Waals surface area contributed by atoms with Crippen LogP contribution in [-0.4, -0.2) is 17.7 Å². The first-order valence-electron chi connectivity index (χ1n) is 2.93. The van der Waals surface area contributed by atoms with Crippen LogP contribution in [0.25, 0.3) is 0 Å². The molecule has 0 spiro atoms. The summed E-state index contributed by atoms with van der Waals surface area (Å²) in [5, 5.41) is 19.5. The van der Waals surface area contributed by atoms with Crippen molar-refractivity contribution in [1.29, 1.82) is 0 Å². The van der Waals surface area contributed by atoms with Crippen LogP contribution in [0, 0.1) is 0 Å². The van der Waals surface area contributed by atoms with Gasteiger partial charge in [-0.25, -0.2) is 0 Å². The maximum atomic E-state index is 10.4. The SMILES string of the molecule is O=C([O-])CCC(=O)CC(=O)[O-].[K+].[K+]. The molecule has 0 rings (SSSR count). The predicted octanol–water partition coefficient (Wildman–Crippen LogP) is -8.77. The van der Waals surface area contributed by atoms with Crippen molar-refractivity contribution in [2.75, 3.05) is 0 Å². The van der Waals surface area contributed by atoms with Gasteiger partial charge in [-0.05, 0) is 6.42 Å². The van der Waals surface area contributed by atoms with Gasteiger partial charge in [0.05, 0.1) is 0 Å². The summed E-state index contributed by atoms with van der Waals surface area (Å²) in [6.45, 7) is 0. The van der Waals surface area contributed by atoms with E-state index < -0.39 is 30.6 Å². The largest absolute Gasteiger partial charge is 1.00 e. The summed E-state index contributed by atoms with van der Waals surface area (Å²) in [7, 11) is 0. The average molecular weight is 236 g/mol. The number of aliphatic carboxylic acids is 2. The van der Waals surface area contributed by atoms with Gasteiger partial charge in [-0.3, -0.25) is 4.79 Å². The molecule has 0 aromatic rings. The fourth-order valence-electron chi connectivity index (χ4n) is 0.491. The smallest absolute Gasteiger partial charge is 0.550 e. The number of carboxylic acid groups (broad SMARTS) is 2. The fourth-order valence-corrected chi connectivity index (χ4v) is 0.491. The van der Waals surface area contributed by atoms with E-state index in [-0.39, 0.29) is 109 Å². The molecule has 0 aromatic heterocycles. The Morgan fingerprint density at radius 1 is 0.846 bits per heavy atom. The summed E-state index contributed by atoms with van der Waals surface area (Å²) in [5.74, 6) is -3.51. The molecule has 0 saturated carbocycles. The Hall–Kier alpha value is 1.88. The molecular weight excluding hydrogens is 230 g/mol. The Morgan fingerprint density at radius 2 is 1.31 bits per heavy atom. The van der Waals surface area contributed by atoms with E-state index in [2.05, 4.69) is 0 Å². The van der Waals surface area contributed by atoms with E-state index in [1.165, 1.54) is 0 Å². The Bertz CT molecular complexity index is 191. The normalized spacial score (nSPS) is 7.69. The monoisotopic (exact) mass is 236 g/mol.